The fourth-order valence-corrected chi connectivity index (χ4v) is 2.37. The molecule has 5 nitrogen and oxygen atoms in total. The van der Waals surface area contributed by atoms with E-state index in [0.717, 1.165) is 41.1 Å². The Kier molecular flexibility index (Phi) is 4.31. The van der Waals surface area contributed by atoms with Crippen LogP contribution in [0.15, 0.2) is 11.4 Å². The second-order valence-electron chi connectivity index (χ2n) is 4.35. The molecule has 1 N–H and O–H groups in total. The SMILES string of the molecule is CCc1nc(NC)cc(N(C)Cc2csc(C)n2)n1. The Morgan fingerprint density at radius 1 is 1.32 bits per heavy atom. The van der Waals surface area contributed by atoms with E-state index in [1.54, 1.807) is 11.3 Å². The highest BCUT2D eigenvalue weighted by atomic mass is 32.1. The number of anilines is 2. The predicted octanol–water partition coefficient (Wildman–Crippen LogP) is 2.48. The Morgan fingerprint density at radius 3 is 2.68 bits per heavy atom. The molecule has 0 fully saturated rings. The van der Waals surface area contributed by atoms with Crippen molar-refractivity contribution in [3.05, 3.63) is 28.0 Å². The van der Waals surface area contributed by atoms with Gasteiger partial charge in [0.25, 0.3) is 0 Å². The van der Waals surface area contributed by atoms with Crippen molar-refractivity contribution < 1.29 is 0 Å². The fourth-order valence-electron chi connectivity index (χ4n) is 1.77. The van der Waals surface area contributed by atoms with Gasteiger partial charge in [-0.3, -0.25) is 0 Å². The van der Waals surface area contributed by atoms with Gasteiger partial charge in [0.1, 0.15) is 17.5 Å². The highest BCUT2D eigenvalue weighted by Gasteiger charge is 2.09. The number of thiazole rings is 1. The molecule has 0 unspecified atom stereocenters. The summed E-state index contributed by atoms with van der Waals surface area (Å²) in [4.78, 5) is 15.5. The van der Waals surface area contributed by atoms with Crippen LogP contribution in [0.1, 0.15) is 23.4 Å². The average Bonchev–Trinajstić information content (AvgIpc) is 2.83. The summed E-state index contributed by atoms with van der Waals surface area (Å²) in [5, 5.41) is 6.26. The molecule has 0 spiro atoms. The minimum absolute atomic E-state index is 0.758. The predicted molar refractivity (Wildman–Crippen MR) is 79.9 cm³/mol. The van der Waals surface area contributed by atoms with Crippen molar-refractivity contribution in [2.45, 2.75) is 26.8 Å². The third-order valence-electron chi connectivity index (χ3n) is 2.79. The first-order chi connectivity index (χ1) is 9.12. The van der Waals surface area contributed by atoms with Crippen molar-refractivity contribution >= 4 is 23.0 Å². The molecule has 0 saturated carbocycles. The van der Waals surface area contributed by atoms with E-state index in [4.69, 9.17) is 0 Å². The summed E-state index contributed by atoms with van der Waals surface area (Å²) in [5.41, 5.74) is 1.08. The van der Waals surface area contributed by atoms with Crippen LogP contribution in [0.4, 0.5) is 11.6 Å². The summed E-state index contributed by atoms with van der Waals surface area (Å²) >= 11 is 1.67. The van der Waals surface area contributed by atoms with Crippen molar-refractivity contribution in [1.29, 1.82) is 0 Å². The molecular weight excluding hydrogens is 258 g/mol. The van der Waals surface area contributed by atoms with Crippen LogP contribution in [0, 0.1) is 6.92 Å². The van der Waals surface area contributed by atoms with Gasteiger partial charge in [0, 0.05) is 32.0 Å². The molecule has 0 aliphatic heterocycles. The number of rotatable bonds is 5. The summed E-state index contributed by atoms with van der Waals surface area (Å²) in [6.07, 6.45) is 0.826. The summed E-state index contributed by atoms with van der Waals surface area (Å²) in [7, 11) is 3.89. The van der Waals surface area contributed by atoms with Crippen LogP contribution >= 0.6 is 11.3 Å². The van der Waals surface area contributed by atoms with Crippen LogP contribution < -0.4 is 10.2 Å². The Morgan fingerprint density at radius 2 is 2.11 bits per heavy atom. The first-order valence-corrected chi connectivity index (χ1v) is 7.18. The third kappa shape index (κ3) is 3.41. The molecule has 2 aromatic heterocycles. The monoisotopic (exact) mass is 277 g/mol. The molecule has 0 aromatic carbocycles. The van der Waals surface area contributed by atoms with Gasteiger partial charge in [-0.25, -0.2) is 15.0 Å². The molecular formula is C13H19N5S. The van der Waals surface area contributed by atoms with E-state index in [0.29, 0.717) is 0 Å². The average molecular weight is 277 g/mol. The van der Waals surface area contributed by atoms with Gasteiger partial charge in [0.05, 0.1) is 17.2 Å². The van der Waals surface area contributed by atoms with Gasteiger partial charge in [-0.05, 0) is 6.92 Å². The maximum absolute atomic E-state index is 4.55. The van der Waals surface area contributed by atoms with E-state index in [1.807, 2.05) is 27.1 Å². The van der Waals surface area contributed by atoms with E-state index in [-0.39, 0.29) is 0 Å². The van der Waals surface area contributed by atoms with Crippen LogP contribution in [0.2, 0.25) is 0 Å². The number of nitrogens with zero attached hydrogens (tertiary/aromatic N) is 4. The minimum atomic E-state index is 0.758. The quantitative estimate of drug-likeness (QED) is 0.910. The molecule has 102 valence electrons. The Labute approximate surface area is 117 Å². The van der Waals surface area contributed by atoms with Gasteiger partial charge in [-0.15, -0.1) is 11.3 Å². The second-order valence-corrected chi connectivity index (χ2v) is 5.41. The lowest BCUT2D eigenvalue weighted by molar-refractivity contribution is 0.843. The smallest absolute Gasteiger partial charge is 0.134 e. The largest absolute Gasteiger partial charge is 0.373 e. The summed E-state index contributed by atoms with van der Waals surface area (Å²) in [6.45, 7) is 4.84. The molecule has 0 radical (unpaired) electrons. The van der Waals surface area contributed by atoms with E-state index >= 15 is 0 Å². The zero-order chi connectivity index (χ0) is 13.8. The first kappa shape index (κ1) is 13.7. The molecule has 0 amide bonds. The molecule has 0 aliphatic rings. The maximum atomic E-state index is 4.55. The van der Waals surface area contributed by atoms with Crippen molar-refractivity contribution in [3.8, 4) is 0 Å². The van der Waals surface area contributed by atoms with Crippen LogP contribution in [0.3, 0.4) is 0 Å². The van der Waals surface area contributed by atoms with E-state index < -0.39 is 0 Å². The third-order valence-corrected chi connectivity index (χ3v) is 3.61. The number of hydrogen-bond acceptors (Lipinski definition) is 6. The normalized spacial score (nSPS) is 10.5. The summed E-state index contributed by atoms with van der Waals surface area (Å²) < 4.78 is 0. The standard InChI is InChI=1S/C13H19N5S/c1-5-11-16-12(14-3)6-13(17-11)18(4)7-10-8-19-9(2)15-10/h6,8H,5,7H2,1-4H3,(H,14,16,17). The minimum Gasteiger partial charge on any atom is -0.373 e. The van der Waals surface area contributed by atoms with Crippen LogP contribution in [0.25, 0.3) is 0 Å². The van der Waals surface area contributed by atoms with Crippen molar-refractivity contribution in [2.24, 2.45) is 0 Å². The number of hydrogen-bond donors (Lipinski definition) is 1. The highest BCUT2D eigenvalue weighted by molar-refractivity contribution is 7.09. The Bertz CT molecular complexity index is 529. The van der Waals surface area contributed by atoms with Crippen LogP contribution in [0.5, 0.6) is 0 Å². The highest BCUT2D eigenvalue weighted by Crippen LogP contribution is 2.18. The van der Waals surface area contributed by atoms with Crippen LogP contribution in [-0.2, 0) is 13.0 Å². The maximum Gasteiger partial charge on any atom is 0.134 e. The molecule has 2 aromatic rings. The lowest BCUT2D eigenvalue weighted by Crippen LogP contribution is -2.19. The summed E-state index contributed by atoms with van der Waals surface area (Å²) in [5.74, 6) is 2.62. The molecule has 0 bridgehead atoms. The Balaban J connectivity index is 2.20. The molecule has 0 atom stereocenters. The first-order valence-electron chi connectivity index (χ1n) is 6.30. The molecule has 2 rings (SSSR count). The molecule has 0 aliphatic carbocycles. The van der Waals surface area contributed by atoms with Crippen LogP contribution in [-0.4, -0.2) is 29.0 Å². The van der Waals surface area contributed by atoms with Gasteiger partial charge < -0.3 is 10.2 Å². The zero-order valence-electron chi connectivity index (χ0n) is 11.8. The molecule has 19 heavy (non-hydrogen) atoms. The van der Waals surface area contributed by atoms with Gasteiger partial charge in [0.15, 0.2) is 0 Å². The lowest BCUT2D eigenvalue weighted by Gasteiger charge is -2.18. The van der Waals surface area contributed by atoms with Crippen molar-refractivity contribution in [1.82, 2.24) is 15.0 Å². The van der Waals surface area contributed by atoms with Gasteiger partial charge in [0.2, 0.25) is 0 Å². The number of aromatic nitrogens is 3. The second kappa shape index (κ2) is 5.97. The van der Waals surface area contributed by atoms with Gasteiger partial charge in [-0.1, -0.05) is 6.92 Å². The molecule has 6 heteroatoms. The fraction of sp³-hybridized carbons (Fsp3) is 0.462. The van der Waals surface area contributed by atoms with Gasteiger partial charge in [-0.2, -0.15) is 0 Å². The Hall–Kier alpha value is -1.69. The van der Waals surface area contributed by atoms with Crippen molar-refractivity contribution in [2.75, 3.05) is 24.3 Å². The van der Waals surface area contributed by atoms with Gasteiger partial charge >= 0.3 is 0 Å². The molecule has 0 saturated heterocycles. The van der Waals surface area contributed by atoms with Crippen molar-refractivity contribution in [3.63, 3.8) is 0 Å². The number of aryl methyl sites for hydroxylation is 2. The van der Waals surface area contributed by atoms with E-state index in [9.17, 15) is 0 Å². The molecule has 2 heterocycles. The topological polar surface area (TPSA) is 53.9 Å². The summed E-state index contributed by atoms with van der Waals surface area (Å²) in [6, 6.07) is 1.96. The van der Waals surface area contributed by atoms with E-state index in [1.165, 1.54) is 0 Å². The number of nitrogens with one attached hydrogen (secondary N) is 1. The van der Waals surface area contributed by atoms with E-state index in [2.05, 4.69) is 37.5 Å². The zero-order valence-corrected chi connectivity index (χ0v) is 12.6. The lowest BCUT2D eigenvalue weighted by atomic mass is 10.3.